The second kappa shape index (κ2) is 3.58. The molecule has 70 valence electrons. The van der Waals surface area contributed by atoms with Crippen LogP contribution in [-0.4, -0.2) is 23.4 Å². The standard InChI is InChI=1S/C10H18O2/c1-4-10(3,11)6-9-5-8(2)7-12-9/h4,8-9,11H,1,5-7H2,2-3H3. The third kappa shape index (κ3) is 2.61. The summed E-state index contributed by atoms with van der Waals surface area (Å²) in [6.07, 6.45) is 3.53. The van der Waals surface area contributed by atoms with Crippen LogP contribution in [0, 0.1) is 5.92 Å². The van der Waals surface area contributed by atoms with Gasteiger partial charge in [-0.1, -0.05) is 13.0 Å². The smallest absolute Gasteiger partial charge is 0.0821 e. The van der Waals surface area contributed by atoms with Crippen molar-refractivity contribution in [2.75, 3.05) is 6.61 Å². The Morgan fingerprint density at radius 2 is 2.42 bits per heavy atom. The van der Waals surface area contributed by atoms with Gasteiger partial charge >= 0.3 is 0 Å². The van der Waals surface area contributed by atoms with Crippen molar-refractivity contribution in [3.63, 3.8) is 0 Å². The first-order valence-electron chi connectivity index (χ1n) is 4.51. The van der Waals surface area contributed by atoms with E-state index < -0.39 is 5.60 Å². The third-order valence-electron chi connectivity index (χ3n) is 2.36. The average molecular weight is 170 g/mol. The topological polar surface area (TPSA) is 29.5 Å². The van der Waals surface area contributed by atoms with Crippen LogP contribution in [0.2, 0.25) is 0 Å². The van der Waals surface area contributed by atoms with E-state index in [4.69, 9.17) is 4.74 Å². The number of hydrogen-bond acceptors (Lipinski definition) is 2. The van der Waals surface area contributed by atoms with Crippen LogP contribution < -0.4 is 0 Å². The summed E-state index contributed by atoms with van der Waals surface area (Å²) in [5.41, 5.74) is -0.769. The van der Waals surface area contributed by atoms with Gasteiger partial charge in [0.25, 0.3) is 0 Å². The maximum absolute atomic E-state index is 9.67. The highest BCUT2D eigenvalue weighted by Gasteiger charge is 2.28. The predicted octanol–water partition coefficient (Wildman–Crippen LogP) is 1.74. The van der Waals surface area contributed by atoms with Crippen LogP contribution in [0.3, 0.4) is 0 Å². The van der Waals surface area contributed by atoms with E-state index in [9.17, 15) is 5.11 Å². The highest BCUT2D eigenvalue weighted by Crippen LogP contribution is 2.26. The molecule has 0 spiro atoms. The molecule has 0 aromatic carbocycles. The van der Waals surface area contributed by atoms with E-state index in [1.807, 2.05) is 0 Å². The monoisotopic (exact) mass is 170 g/mol. The summed E-state index contributed by atoms with van der Waals surface area (Å²) < 4.78 is 5.50. The van der Waals surface area contributed by atoms with E-state index >= 15 is 0 Å². The van der Waals surface area contributed by atoms with Gasteiger partial charge in [0.15, 0.2) is 0 Å². The molecule has 1 aliphatic heterocycles. The van der Waals surface area contributed by atoms with E-state index in [0.29, 0.717) is 12.3 Å². The molecule has 0 aliphatic carbocycles. The molecule has 0 bridgehead atoms. The quantitative estimate of drug-likeness (QED) is 0.654. The Balaban J connectivity index is 2.36. The molecule has 1 rings (SSSR count). The molecular formula is C10H18O2. The summed E-state index contributed by atoms with van der Waals surface area (Å²) in [6.45, 7) is 8.36. The minimum Gasteiger partial charge on any atom is -0.386 e. The van der Waals surface area contributed by atoms with Crippen LogP contribution in [0.15, 0.2) is 12.7 Å². The zero-order valence-corrected chi connectivity index (χ0v) is 7.92. The van der Waals surface area contributed by atoms with Crippen molar-refractivity contribution in [3.8, 4) is 0 Å². The van der Waals surface area contributed by atoms with Gasteiger partial charge in [-0.25, -0.2) is 0 Å². The first kappa shape index (κ1) is 9.75. The van der Waals surface area contributed by atoms with Crippen LogP contribution >= 0.6 is 0 Å². The Labute approximate surface area is 74.2 Å². The molecule has 1 aliphatic rings. The van der Waals surface area contributed by atoms with Gasteiger partial charge in [0.1, 0.15) is 0 Å². The van der Waals surface area contributed by atoms with Crippen molar-refractivity contribution in [1.29, 1.82) is 0 Å². The van der Waals surface area contributed by atoms with Crippen molar-refractivity contribution in [3.05, 3.63) is 12.7 Å². The van der Waals surface area contributed by atoms with Gasteiger partial charge < -0.3 is 9.84 Å². The van der Waals surface area contributed by atoms with Crippen LogP contribution in [0.4, 0.5) is 0 Å². The van der Waals surface area contributed by atoms with Crippen molar-refractivity contribution in [2.24, 2.45) is 5.92 Å². The van der Waals surface area contributed by atoms with Gasteiger partial charge in [-0.2, -0.15) is 0 Å². The van der Waals surface area contributed by atoms with Crippen LogP contribution in [0.25, 0.3) is 0 Å². The molecule has 0 saturated carbocycles. The molecule has 0 radical (unpaired) electrons. The zero-order chi connectivity index (χ0) is 9.19. The Bertz CT molecular complexity index is 163. The van der Waals surface area contributed by atoms with Gasteiger partial charge in [-0.05, 0) is 19.3 Å². The third-order valence-corrected chi connectivity index (χ3v) is 2.36. The summed E-state index contributed by atoms with van der Waals surface area (Å²) in [4.78, 5) is 0. The maximum atomic E-state index is 9.67. The molecule has 3 unspecified atom stereocenters. The predicted molar refractivity (Wildman–Crippen MR) is 49.0 cm³/mol. The average Bonchev–Trinajstić information content (AvgIpc) is 2.35. The van der Waals surface area contributed by atoms with Gasteiger partial charge in [0.2, 0.25) is 0 Å². The summed E-state index contributed by atoms with van der Waals surface area (Å²) in [6, 6.07) is 0. The summed E-state index contributed by atoms with van der Waals surface area (Å²) >= 11 is 0. The highest BCUT2D eigenvalue weighted by molar-refractivity contribution is 4.94. The molecule has 2 heteroatoms. The number of hydrogen-bond donors (Lipinski definition) is 1. The number of ether oxygens (including phenoxy) is 1. The Morgan fingerprint density at radius 1 is 1.75 bits per heavy atom. The molecule has 1 heterocycles. The van der Waals surface area contributed by atoms with Gasteiger partial charge in [-0.3, -0.25) is 0 Å². The lowest BCUT2D eigenvalue weighted by Gasteiger charge is -2.21. The molecule has 0 amide bonds. The van der Waals surface area contributed by atoms with E-state index in [2.05, 4.69) is 13.5 Å². The van der Waals surface area contributed by atoms with Gasteiger partial charge in [0.05, 0.1) is 11.7 Å². The van der Waals surface area contributed by atoms with Gasteiger partial charge in [-0.15, -0.1) is 6.58 Å². The molecule has 1 fully saturated rings. The molecule has 0 aromatic rings. The number of aliphatic hydroxyl groups is 1. The number of rotatable bonds is 3. The van der Waals surface area contributed by atoms with Crippen LogP contribution in [0.5, 0.6) is 0 Å². The molecule has 2 nitrogen and oxygen atoms in total. The van der Waals surface area contributed by atoms with Crippen molar-refractivity contribution in [2.45, 2.75) is 38.4 Å². The molecule has 1 N–H and O–H groups in total. The SMILES string of the molecule is C=CC(C)(O)CC1CC(C)CO1. The van der Waals surface area contributed by atoms with Crippen molar-refractivity contribution < 1.29 is 9.84 Å². The summed E-state index contributed by atoms with van der Waals surface area (Å²) in [5.74, 6) is 0.635. The fourth-order valence-corrected chi connectivity index (χ4v) is 1.57. The minimum absolute atomic E-state index is 0.216. The largest absolute Gasteiger partial charge is 0.386 e. The van der Waals surface area contributed by atoms with E-state index in [1.165, 1.54) is 0 Å². The van der Waals surface area contributed by atoms with Gasteiger partial charge in [0, 0.05) is 13.0 Å². The summed E-state index contributed by atoms with van der Waals surface area (Å²) in [7, 11) is 0. The Kier molecular flexibility index (Phi) is 2.91. The maximum Gasteiger partial charge on any atom is 0.0821 e. The Hall–Kier alpha value is -0.340. The molecule has 3 atom stereocenters. The second-order valence-corrected chi connectivity index (χ2v) is 4.06. The van der Waals surface area contributed by atoms with E-state index in [1.54, 1.807) is 13.0 Å². The second-order valence-electron chi connectivity index (χ2n) is 4.06. The first-order valence-corrected chi connectivity index (χ1v) is 4.51. The molecular weight excluding hydrogens is 152 g/mol. The van der Waals surface area contributed by atoms with Crippen LogP contribution in [-0.2, 0) is 4.74 Å². The lowest BCUT2D eigenvalue weighted by atomic mass is 9.95. The van der Waals surface area contributed by atoms with E-state index in [0.717, 1.165) is 13.0 Å². The lowest BCUT2D eigenvalue weighted by molar-refractivity contribution is 0.0232. The normalized spacial score (nSPS) is 34.6. The zero-order valence-electron chi connectivity index (χ0n) is 7.92. The molecule has 0 aromatic heterocycles. The molecule has 12 heavy (non-hydrogen) atoms. The highest BCUT2D eigenvalue weighted by atomic mass is 16.5. The molecule has 1 saturated heterocycles. The van der Waals surface area contributed by atoms with Crippen molar-refractivity contribution >= 4 is 0 Å². The van der Waals surface area contributed by atoms with Crippen LogP contribution in [0.1, 0.15) is 26.7 Å². The fourth-order valence-electron chi connectivity index (χ4n) is 1.57. The minimum atomic E-state index is -0.769. The first-order chi connectivity index (χ1) is 5.53. The van der Waals surface area contributed by atoms with Crippen molar-refractivity contribution in [1.82, 2.24) is 0 Å². The summed E-state index contributed by atoms with van der Waals surface area (Å²) in [5, 5.41) is 9.67. The Morgan fingerprint density at radius 3 is 2.83 bits per heavy atom. The van der Waals surface area contributed by atoms with E-state index in [-0.39, 0.29) is 6.10 Å². The lowest BCUT2D eigenvalue weighted by Crippen LogP contribution is -2.27. The fraction of sp³-hybridized carbons (Fsp3) is 0.800.